The summed E-state index contributed by atoms with van der Waals surface area (Å²) in [6.07, 6.45) is 2.69. The first-order valence-electron chi connectivity index (χ1n) is 5.20. The summed E-state index contributed by atoms with van der Waals surface area (Å²) in [5, 5.41) is 0. The molecule has 0 amide bonds. The Kier molecular flexibility index (Phi) is 2.13. The monoisotopic (exact) mass is 168 g/mol. The van der Waals surface area contributed by atoms with E-state index in [4.69, 9.17) is 0 Å². The van der Waals surface area contributed by atoms with E-state index >= 15 is 0 Å². The lowest BCUT2D eigenvalue weighted by Gasteiger charge is -2.49. The van der Waals surface area contributed by atoms with Crippen LogP contribution in [0.1, 0.15) is 26.7 Å². The van der Waals surface area contributed by atoms with Gasteiger partial charge in [0.2, 0.25) is 0 Å². The Bertz CT molecular complexity index is 169. The van der Waals surface area contributed by atoms with Gasteiger partial charge in [-0.25, -0.2) is 0 Å². The quantitative estimate of drug-likeness (QED) is 0.611. The van der Waals surface area contributed by atoms with Gasteiger partial charge in [0.15, 0.2) is 0 Å². The largest absolute Gasteiger partial charge is 0.301 e. The van der Waals surface area contributed by atoms with E-state index in [-0.39, 0.29) is 0 Å². The zero-order valence-corrected chi connectivity index (χ0v) is 8.45. The lowest BCUT2D eigenvalue weighted by atomic mass is 9.94. The molecule has 2 heteroatoms. The summed E-state index contributed by atoms with van der Waals surface area (Å²) in [6, 6.07) is 2.58. The second-order valence-electron chi connectivity index (χ2n) is 4.36. The van der Waals surface area contributed by atoms with Gasteiger partial charge in [-0.05, 0) is 33.4 Å². The van der Waals surface area contributed by atoms with Crippen LogP contribution in [-0.4, -0.2) is 48.1 Å². The van der Waals surface area contributed by atoms with Crippen molar-refractivity contribution < 1.29 is 0 Å². The van der Waals surface area contributed by atoms with Crippen molar-refractivity contribution in [3.63, 3.8) is 0 Å². The minimum absolute atomic E-state index is 0.803. The number of rotatable bonds is 2. The van der Waals surface area contributed by atoms with Crippen LogP contribution < -0.4 is 0 Å². The molecule has 0 aliphatic carbocycles. The zero-order valence-electron chi connectivity index (χ0n) is 8.45. The summed E-state index contributed by atoms with van der Waals surface area (Å²) in [4.78, 5) is 5.19. The summed E-state index contributed by atoms with van der Waals surface area (Å²) in [7, 11) is 2.26. The maximum atomic E-state index is 2.67. The van der Waals surface area contributed by atoms with Crippen molar-refractivity contribution in [3.05, 3.63) is 0 Å². The Morgan fingerprint density at radius 3 is 2.75 bits per heavy atom. The molecule has 0 radical (unpaired) electrons. The Balaban J connectivity index is 1.92. The molecular formula is C10H20N2. The Labute approximate surface area is 75.5 Å². The standard InChI is InChI=1S/C10H20N2/c1-4-8(2)12-7-10-9(12)5-6-11(10)3/h8-10H,4-7H2,1-3H3. The summed E-state index contributed by atoms with van der Waals surface area (Å²) >= 11 is 0. The van der Waals surface area contributed by atoms with Crippen LogP contribution in [-0.2, 0) is 0 Å². The van der Waals surface area contributed by atoms with Gasteiger partial charge in [-0.15, -0.1) is 0 Å². The number of fused-ring (bicyclic) bond motifs is 1. The highest BCUT2D eigenvalue weighted by molar-refractivity contribution is 5.03. The minimum Gasteiger partial charge on any atom is -0.301 e. The van der Waals surface area contributed by atoms with E-state index in [0.29, 0.717) is 0 Å². The molecule has 3 unspecified atom stereocenters. The highest BCUT2D eigenvalue weighted by Gasteiger charge is 2.46. The van der Waals surface area contributed by atoms with E-state index < -0.39 is 0 Å². The molecule has 0 bridgehead atoms. The fourth-order valence-electron chi connectivity index (χ4n) is 2.59. The molecule has 2 nitrogen and oxygen atoms in total. The van der Waals surface area contributed by atoms with E-state index in [1.807, 2.05) is 0 Å². The van der Waals surface area contributed by atoms with Crippen molar-refractivity contribution in [2.75, 3.05) is 20.1 Å². The third-order valence-corrected chi connectivity index (χ3v) is 3.77. The third kappa shape index (κ3) is 1.09. The molecule has 0 N–H and O–H groups in total. The van der Waals surface area contributed by atoms with Crippen molar-refractivity contribution in [3.8, 4) is 0 Å². The van der Waals surface area contributed by atoms with Crippen LogP contribution in [0.25, 0.3) is 0 Å². The first kappa shape index (κ1) is 8.52. The lowest BCUT2D eigenvalue weighted by molar-refractivity contribution is -0.000174. The first-order valence-corrected chi connectivity index (χ1v) is 5.20. The topological polar surface area (TPSA) is 6.48 Å². The number of hydrogen-bond donors (Lipinski definition) is 0. The molecule has 0 aromatic heterocycles. The van der Waals surface area contributed by atoms with Gasteiger partial charge in [0.25, 0.3) is 0 Å². The molecule has 2 saturated heterocycles. The predicted octanol–water partition coefficient (Wildman–Crippen LogP) is 1.17. The highest BCUT2D eigenvalue weighted by Crippen LogP contribution is 2.33. The molecule has 0 aromatic carbocycles. The van der Waals surface area contributed by atoms with Gasteiger partial charge in [-0.1, -0.05) is 6.92 Å². The van der Waals surface area contributed by atoms with Gasteiger partial charge in [0, 0.05) is 24.7 Å². The van der Waals surface area contributed by atoms with E-state index in [0.717, 1.165) is 18.1 Å². The SMILES string of the molecule is CCC(C)N1CC2C1CCN2C. The number of likely N-dealkylation sites (tertiary alicyclic amines) is 2. The van der Waals surface area contributed by atoms with Crippen molar-refractivity contribution in [1.82, 2.24) is 9.80 Å². The van der Waals surface area contributed by atoms with Crippen LogP contribution >= 0.6 is 0 Å². The van der Waals surface area contributed by atoms with E-state index in [9.17, 15) is 0 Å². The third-order valence-electron chi connectivity index (χ3n) is 3.77. The van der Waals surface area contributed by atoms with Crippen molar-refractivity contribution >= 4 is 0 Å². The van der Waals surface area contributed by atoms with Gasteiger partial charge < -0.3 is 4.90 Å². The normalized spacial score (nSPS) is 39.2. The summed E-state index contributed by atoms with van der Waals surface area (Å²) in [5.41, 5.74) is 0. The van der Waals surface area contributed by atoms with Crippen LogP contribution in [0, 0.1) is 0 Å². The lowest BCUT2D eigenvalue weighted by Crippen LogP contribution is -2.63. The summed E-state index contributed by atoms with van der Waals surface area (Å²) in [6.45, 7) is 7.27. The second-order valence-corrected chi connectivity index (χ2v) is 4.36. The molecule has 12 heavy (non-hydrogen) atoms. The van der Waals surface area contributed by atoms with E-state index in [1.165, 1.54) is 25.9 Å². The van der Waals surface area contributed by atoms with Crippen LogP contribution in [0.2, 0.25) is 0 Å². The van der Waals surface area contributed by atoms with Gasteiger partial charge in [0.05, 0.1) is 0 Å². The number of likely N-dealkylation sites (N-methyl/N-ethyl adjacent to an activating group) is 1. The molecule has 2 aliphatic heterocycles. The molecular weight excluding hydrogens is 148 g/mol. The molecule has 0 spiro atoms. The van der Waals surface area contributed by atoms with E-state index in [1.54, 1.807) is 0 Å². The second kappa shape index (κ2) is 3.00. The molecule has 2 rings (SSSR count). The molecule has 3 atom stereocenters. The average molecular weight is 168 g/mol. The Hall–Kier alpha value is -0.0800. The van der Waals surface area contributed by atoms with Crippen molar-refractivity contribution in [2.45, 2.75) is 44.8 Å². The van der Waals surface area contributed by atoms with Gasteiger partial charge >= 0.3 is 0 Å². The van der Waals surface area contributed by atoms with Crippen molar-refractivity contribution in [2.24, 2.45) is 0 Å². The maximum absolute atomic E-state index is 2.67. The Morgan fingerprint density at radius 2 is 2.17 bits per heavy atom. The van der Waals surface area contributed by atoms with Gasteiger partial charge in [-0.2, -0.15) is 0 Å². The van der Waals surface area contributed by atoms with Crippen LogP contribution in [0.5, 0.6) is 0 Å². The molecule has 2 heterocycles. The summed E-state index contributed by atoms with van der Waals surface area (Å²) in [5.74, 6) is 0. The van der Waals surface area contributed by atoms with Gasteiger partial charge in [-0.3, -0.25) is 4.90 Å². The number of nitrogens with zero attached hydrogens (tertiary/aromatic N) is 2. The van der Waals surface area contributed by atoms with Crippen LogP contribution in [0.3, 0.4) is 0 Å². The van der Waals surface area contributed by atoms with Crippen molar-refractivity contribution in [1.29, 1.82) is 0 Å². The first-order chi connectivity index (χ1) is 5.74. The molecule has 70 valence electrons. The molecule has 2 aliphatic rings. The fourth-order valence-corrected chi connectivity index (χ4v) is 2.59. The zero-order chi connectivity index (χ0) is 8.72. The Morgan fingerprint density at radius 1 is 1.42 bits per heavy atom. The number of hydrogen-bond acceptors (Lipinski definition) is 2. The van der Waals surface area contributed by atoms with Gasteiger partial charge in [0.1, 0.15) is 0 Å². The molecule has 0 saturated carbocycles. The minimum atomic E-state index is 0.803. The van der Waals surface area contributed by atoms with Crippen LogP contribution in [0.4, 0.5) is 0 Å². The van der Waals surface area contributed by atoms with Crippen LogP contribution in [0.15, 0.2) is 0 Å². The smallest absolute Gasteiger partial charge is 0.0376 e. The molecule has 0 aromatic rings. The highest BCUT2D eigenvalue weighted by atomic mass is 15.4. The fraction of sp³-hybridized carbons (Fsp3) is 1.00. The maximum Gasteiger partial charge on any atom is 0.0376 e. The summed E-state index contributed by atoms with van der Waals surface area (Å²) < 4.78 is 0. The predicted molar refractivity (Wildman–Crippen MR) is 51.3 cm³/mol. The average Bonchev–Trinajstić information content (AvgIpc) is 2.27. The van der Waals surface area contributed by atoms with E-state index in [2.05, 4.69) is 30.7 Å². The molecule has 2 fully saturated rings.